The molecule has 0 radical (unpaired) electrons. The van der Waals surface area contributed by atoms with E-state index in [1.54, 1.807) is 48.5 Å². The van der Waals surface area contributed by atoms with Crippen molar-refractivity contribution in [2.45, 2.75) is 26.7 Å². The van der Waals surface area contributed by atoms with Crippen LogP contribution in [0.15, 0.2) is 48.5 Å². The topological polar surface area (TPSA) is 61.8 Å². The Kier molecular flexibility index (Phi) is 7.01. The largest absolute Gasteiger partial charge is 0.494 e. The lowest BCUT2D eigenvalue weighted by Gasteiger charge is -2.06. The molecule has 0 aliphatic carbocycles. The Balaban J connectivity index is 1.82. The van der Waals surface area contributed by atoms with Crippen LogP contribution in [-0.4, -0.2) is 25.2 Å². The van der Waals surface area contributed by atoms with Gasteiger partial charge in [-0.3, -0.25) is 9.59 Å². The van der Waals surface area contributed by atoms with Crippen LogP contribution in [0.25, 0.3) is 0 Å². The fourth-order valence-electron chi connectivity index (χ4n) is 2.27. The van der Waals surface area contributed by atoms with Gasteiger partial charge in [0.05, 0.1) is 26.1 Å². The Bertz CT molecular complexity index is 628. The molecule has 0 aromatic heterocycles. The zero-order chi connectivity index (χ0) is 18.1. The van der Waals surface area contributed by atoms with Gasteiger partial charge in [0.1, 0.15) is 11.5 Å². The number of hydrogen-bond donors (Lipinski definition) is 0. The zero-order valence-electron chi connectivity index (χ0n) is 14.5. The molecule has 0 aliphatic rings. The highest BCUT2D eigenvalue weighted by atomic mass is 16.6. The quantitative estimate of drug-likeness (QED) is 0.544. The highest BCUT2D eigenvalue weighted by molar-refractivity contribution is 5.87. The molecule has 2 aromatic carbocycles. The molecule has 0 spiro atoms. The second kappa shape index (κ2) is 9.47. The summed E-state index contributed by atoms with van der Waals surface area (Å²) in [7, 11) is 0. The average Bonchev–Trinajstić information content (AvgIpc) is 2.59. The van der Waals surface area contributed by atoms with Gasteiger partial charge in [0.2, 0.25) is 0 Å². The van der Waals surface area contributed by atoms with Gasteiger partial charge < -0.3 is 14.2 Å². The third-order valence-electron chi connectivity index (χ3n) is 3.39. The summed E-state index contributed by atoms with van der Waals surface area (Å²) in [6.45, 7) is 4.98. The van der Waals surface area contributed by atoms with Crippen LogP contribution in [0.4, 0.5) is 0 Å². The van der Waals surface area contributed by atoms with Crippen LogP contribution in [0.3, 0.4) is 0 Å². The molecule has 2 rings (SSSR count). The van der Waals surface area contributed by atoms with E-state index < -0.39 is 11.9 Å². The van der Waals surface area contributed by atoms with E-state index in [2.05, 4.69) is 0 Å². The Morgan fingerprint density at radius 2 is 1.04 bits per heavy atom. The minimum Gasteiger partial charge on any atom is -0.494 e. The van der Waals surface area contributed by atoms with Crippen LogP contribution in [0, 0.1) is 0 Å². The molecule has 132 valence electrons. The number of carbonyl (C=O) groups excluding carboxylic acids is 2. The number of carbonyl (C=O) groups is 2. The van der Waals surface area contributed by atoms with Crippen molar-refractivity contribution in [1.82, 2.24) is 0 Å². The van der Waals surface area contributed by atoms with E-state index in [1.165, 1.54) is 0 Å². The predicted molar refractivity (Wildman–Crippen MR) is 93.7 cm³/mol. The molecule has 5 heteroatoms. The first kappa shape index (κ1) is 18.5. The van der Waals surface area contributed by atoms with Gasteiger partial charge in [0.15, 0.2) is 0 Å². The van der Waals surface area contributed by atoms with Crippen LogP contribution in [0.1, 0.15) is 25.0 Å². The van der Waals surface area contributed by atoms with Gasteiger partial charge in [0.25, 0.3) is 0 Å². The Morgan fingerprint density at radius 3 is 1.36 bits per heavy atom. The molecule has 0 fully saturated rings. The van der Waals surface area contributed by atoms with E-state index in [9.17, 15) is 9.59 Å². The molecule has 0 saturated heterocycles. The van der Waals surface area contributed by atoms with Crippen LogP contribution in [0.5, 0.6) is 11.5 Å². The second-order valence-corrected chi connectivity index (χ2v) is 5.35. The third-order valence-corrected chi connectivity index (χ3v) is 3.39. The van der Waals surface area contributed by atoms with Crippen molar-refractivity contribution in [3.8, 4) is 11.5 Å². The molecule has 0 amide bonds. The van der Waals surface area contributed by atoms with Crippen molar-refractivity contribution in [3.63, 3.8) is 0 Å². The normalized spacial score (nSPS) is 10.2. The molecule has 2 aromatic rings. The minimum atomic E-state index is -0.569. The minimum absolute atomic E-state index is 0.0431. The van der Waals surface area contributed by atoms with Gasteiger partial charge in [-0.05, 0) is 49.2 Å². The maximum atomic E-state index is 11.9. The summed E-state index contributed by atoms with van der Waals surface area (Å²) >= 11 is 0. The third kappa shape index (κ3) is 6.30. The zero-order valence-corrected chi connectivity index (χ0v) is 14.5. The van der Waals surface area contributed by atoms with E-state index in [1.807, 2.05) is 13.8 Å². The summed E-state index contributed by atoms with van der Waals surface area (Å²) in [5.74, 6) is 0.345. The summed E-state index contributed by atoms with van der Waals surface area (Å²) in [4.78, 5) is 23.7. The van der Waals surface area contributed by atoms with Crippen molar-refractivity contribution >= 4 is 11.9 Å². The molecule has 0 saturated carbocycles. The summed E-state index contributed by atoms with van der Waals surface area (Å²) in [5.41, 5.74) is 1.53. The summed E-state index contributed by atoms with van der Waals surface area (Å²) in [5, 5.41) is 0. The van der Waals surface area contributed by atoms with Crippen LogP contribution in [0.2, 0.25) is 0 Å². The van der Waals surface area contributed by atoms with E-state index in [0.717, 1.165) is 22.6 Å². The van der Waals surface area contributed by atoms with Crippen molar-refractivity contribution in [1.29, 1.82) is 0 Å². The molecule has 0 N–H and O–H groups in total. The molecule has 25 heavy (non-hydrogen) atoms. The Hall–Kier alpha value is -2.82. The van der Waals surface area contributed by atoms with Gasteiger partial charge in [-0.2, -0.15) is 0 Å². The first-order valence-corrected chi connectivity index (χ1v) is 8.27. The maximum Gasteiger partial charge on any atom is 0.317 e. The highest BCUT2D eigenvalue weighted by Gasteiger charge is 2.12. The van der Waals surface area contributed by atoms with Crippen LogP contribution in [-0.2, 0) is 27.2 Å². The molecular formula is C20H22O5. The first-order valence-electron chi connectivity index (χ1n) is 8.27. The molecular weight excluding hydrogens is 320 g/mol. The molecule has 0 atom stereocenters. The van der Waals surface area contributed by atoms with Crippen LogP contribution < -0.4 is 9.47 Å². The number of rotatable bonds is 8. The Morgan fingerprint density at radius 1 is 0.680 bits per heavy atom. The SMILES string of the molecule is CCOc1ccc(CC(=O)OC(=O)Cc2ccc(OCC)cc2)cc1. The highest BCUT2D eigenvalue weighted by Crippen LogP contribution is 2.14. The maximum absolute atomic E-state index is 11.9. The van der Waals surface area contributed by atoms with Gasteiger partial charge >= 0.3 is 11.9 Å². The lowest BCUT2D eigenvalue weighted by atomic mass is 10.1. The van der Waals surface area contributed by atoms with Crippen molar-refractivity contribution in [2.24, 2.45) is 0 Å². The number of benzene rings is 2. The van der Waals surface area contributed by atoms with E-state index in [-0.39, 0.29) is 12.8 Å². The number of ether oxygens (including phenoxy) is 3. The average molecular weight is 342 g/mol. The fourth-order valence-corrected chi connectivity index (χ4v) is 2.27. The molecule has 0 heterocycles. The second-order valence-electron chi connectivity index (χ2n) is 5.35. The van der Waals surface area contributed by atoms with Gasteiger partial charge in [-0.15, -0.1) is 0 Å². The molecule has 0 unspecified atom stereocenters. The lowest BCUT2D eigenvalue weighted by molar-refractivity contribution is -0.158. The van der Waals surface area contributed by atoms with E-state index in [0.29, 0.717) is 13.2 Å². The summed E-state index contributed by atoms with van der Waals surface area (Å²) in [6, 6.07) is 14.3. The standard InChI is InChI=1S/C20H22O5/c1-3-23-17-9-5-15(6-10-17)13-19(21)25-20(22)14-16-7-11-18(12-8-16)24-4-2/h5-12H,3-4,13-14H2,1-2H3. The van der Waals surface area contributed by atoms with Crippen molar-refractivity contribution in [3.05, 3.63) is 59.7 Å². The van der Waals surface area contributed by atoms with Crippen molar-refractivity contribution in [2.75, 3.05) is 13.2 Å². The van der Waals surface area contributed by atoms with Gasteiger partial charge in [-0.25, -0.2) is 0 Å². The van der Waals surface area contributed by atoms with Crippen molar-refractivity contribution < 1.29 is 23.8 Å². The fraction of sp³-hybridized carbons (Fsp3) is 0.300. The molecule has 5 nitrogen and oxygen atoms in total. The molecule has 0 bridgehead atoms. The summed E-state index contributed by atoms with van der Waals surface area (Å²) in [6.07, 6.45) is 0.0862. The number of hydrogen-bond acceptors (Lipinski definition) is 5. The number of esters is 2. The smallest absolute Gasteiger partial charge is 0.317 e. The van der Waals surface area contributed by atoms with Gasteiger partial charge in [-0.1, -0.05) is 24.3 Å². The van der Waals surface area contributed by atoms with E-state index in [4.69, 9.17) is 14.2 Å². The monoisotopic (exact) mass is 342 g/mol. The van der Waals surface area contributed by atoms with Crippen LogP contribution >= 0.6 is 0 Å². The first-order chi connectivity index (χ1) is 12.1. The predicted octanol–water partition coefficient (Wildman–Crippen LogP) is 3.34. The van der Waals surface area contributed by atoms with Gasteiger partial charge in [0, 0.05) is 0 Å². The molecule has 0 aliphatic heterocycles. The summed E-state index contributed by atoms with van der Waals surface area (Å²) < 4.78 is 15.6. The Labute approximate surface area is 147 Å². The van der Waals surface area contributed by atoms with E-state index >= 15 is 0 Å². The lowest BCUT2D eigenvalue weighted by Crippen LogP contribution is -2.16.